The molecule has 124 valence electrons. The van der Waals surface area contributed by atoms with Crippen LogP contribution < -0.4 is 5.32 Å². The molecular formula is C17H10ClFN4OS. The first-order valence-corrected chi connectivity index (χ1v) is 8.51. The van der Waals surface area contributed by atoms with E-state index in [9.17, 15) is 9.18 Å². The molecule has 0 atom stereocenters. The fraction of sp³-hybridized carbons (Fsp3) is 0. The summed E-state index contributed by atoms with van der Waals surface area (Å²) in [6.45, 7) is 0. The Hall–Kier alpha value is -2.77. The molecule has 0 aliphatic heterocycles. The number of thiophene rings is 1. The molecule has 3 heterocycles. The number of carbonyl (C=O) groups is 1. The van der Waals surface area contributed by atoms with Crippen LogP contribution >= 0.6 is 22.9 Å². The molecular weight excluding hydrogens is 363 g/mol. The van der Waals surface area contributed by atoms with E-state index in [0.717, 1.165) is 0 Å². The van der Waals surface area contributed by atoms with E-state index in [4.69, 9.17) is 11.6 Å². The molecule has 3 aromatic heterocycles. The van der Waals surface area contributed by atoms with Gasteiger partial charge in [-0.25, -0.2) is 9.37 Å². The molecule has 8 heteroatoms. The van der Waals surface area contributed by atoms with Crippen molar-refractivity contribution in [2.24, 2.45) is 0 Å². The number of rotatable bonds is 3. The highest BCUT2D eigenvalue weighted by atomic mass is 35.5. The summed E-state index contributed by atoms with van der Waals surface area (Å²) in [6.07, 6.45) is 4.85. The van der Waals surface area contributed by atoms with Crippen LogP contribution in [0.4, 0.5) is 10.2 Å². The molecule has 0 saturated carbocycles. The molecule has 0 fully saturated rings. The van der Waals surface area contributed by atoms with Crippen LogP contribution in [0, 0.1) is 5.82 Å². The Labute approximate surface area is 150 Å². The maximum atomic E-state index is 13.3. The third-order valence-corrected chi connectivity index (χ3v) is 4.76. The van der Waals surface area contributed by atoms with E-state index in [0.29, 0.717) is 27.6 Å². The Morgan fingerprint density at radius 3 is 2.88 bits per heavy atom. The topological polar surface area (TPSA) is 59.3 Å². The lowest BCUT2D eigenvalue weighted by Gasteiger charge is -2.06. The molecule has 1 N–H and O–H groups in total. The van der Waals surface area contributed by atoms with Crippen LogP contribution in [0.15, 0.2) is 54.3 Å². The van der Waals surface area contributed by atoms with Gasteiger partial charge < -0.3 is 5.32 Å². The molecule has 25 heavy (non-hydrogen) atoms. The fourth-order valence-corrected chi connectivity index (χ4v) is 3.17. The van der Waals surface area contributed by atoms with Crippen molar-refractivity contribution in [2.45, 2.75) is 0 Å². The minimum atomic E-state index is -0.488. The average Bonchev–Trinajstić information content (AvgIpc) is 3.27. The number of anilines is 1. The highest BCUT2D eigenvalue weighted by Gasteiger charge is 2.12. The van der Waals surface area contributed by atoms with E-state index >= 15 is 0 Å². The fourth-order valence-electron chi connectivity index (χ4n) is 2.37. The molecule has 5 nitrogen and oxygen atoms in total. The Balaban J connectivity index is 1.72. The maximum absolute atomic E-state index is 13.3. The van der Waals surface area contributed by atoms with Gasteiger partial charge in [-0.2, -0.15) is 0 Å². The standard InChI is InChI=1S/C17H10ClFN4OS/c18-11-6-10(3-4-12(11)19)13-9-23-15(7-20-13)21-8-16(23)22-17(24)14-2-1-5-25-14/h1-9H,(H,22,24). The second-order valence-corrected chi connectivity index (χ2v) is 6.56. The smallest absolute Gasteiger partial charge is 0.266 e. The van der Waals surface area contributed by atoms with Crippen molar-refractivity contribution in [3.8, 4) is 11.3 Å². The molecule has 4 aromatic rings. The van der Waals surface area contributed by atoms with Gasteiger partial charge in [-0.1, -0.05) is 17.7 Å². The van der Waals surface area contributed by atoms with Gasteiger partial charge in [-0.05, 0) is 29.6 Å². The number of fused-ring (bicyclic) bond motifs is 1. The Morgan fingerprint density at radius 2 is 2.12 bits per heavy atom. The first-order valence-electron chi connectivity index (χ1n) is 7.25. The number of nitrogens with zero attached hydrogens (tertiary/aromatic N) is 3. The molecule has 0 aliphatic rings. The van der Waals surface area contributed by atoms with Crippen molar-refractivity contribution in [1.29, 1.82) is 0 Å². The molecule has 0 radical (unpaired) electrons. The summed E-state index contributed by atoms with van der Waals surface area (Å²) in [5, 5.41) is 4.69. The summed E-state index contributed by atoms with van der Waals surface area (Å²) in [5.74, 6) is -0.178. The van der Waals surface area contributed by atoms with Crippen molar-refractivity contribution in [3.63, 3.8) is 0 Å². The van der Waals surface area contributed by atoms with E-state index in [1.54, 1.807) is 35.1 Å². The Kier molecular flexibility index (Phi) is 3.95. The van der Waals surface area contributed by atoms with Crippen molar-refractivity contribution in [2.75, 3.05) is 5.32 Å². The zero-order valence-electron chi connectivity index (χ0n) is 12.6. The first kappa shape index (κ1) is 15.7. The van der Waals surface area contributed by atoms with Crippen LogP contribution in [-0.2, 0) is 0 Å². The van der Waals surface area contributed by atoms with Crippen molar-refractivity contribution in [1.82, 2.24) is 14.4 Å². The van der Waals surface area contributed by atoms with Crippen LogP contribution in [0.1, 0.15) is 9.67 Å². The van der Waals surface area contributed by atoms with Crippen molar-refractivity contribution in [3.05, 3.63) is 70.0 Å². The summed E-state index contributed by atoms with van der Waals surface area (Å²) in [6, 6.07) is 7.95. The molecule has 1 aromatic carbocycles. The largest absolute Gasteiger partial charge is 0.306 e. The summed E-state index contributed by atoms with van der Waals surface area (Å²) < 4.78 is 15.1. The highest BCUT2D eigenvalue weighted by molar-refractivity contribution is 7.12. The number of halogens is 2. The van der Waals surface area contributed by atoms with E-state index in [1.165, 1.54) is 23.5 Å². The van der Waals surface area contributed by atoms with Gasteiger partial charge in [-0.15, -0.1) is 11.3 Å². The summed E-state index contributed by atoms with van der Waals surface area (Å²) >= 11 is 7.20. The van der Waals surface area contributed by atoms with E-state index in [2.05, 4.69) is 15.3 Å². The average molecular weight is 373 g/mol. The van der Waals surface area contributed by atoms with E-state index in [1.807, 2.05) is 11.4 Å². The van der Waals surface area contributed by atoms with Crippen molar-refractivity contribution >= 4 is 40.3 Å². The monoisotopic (exact) mass is 372 g/mol. The predicted molar refractivity (Wildman–Crippen MR) is 95.7 cm³/mol. The second-order valence-electron chi connectivity index (χ2n) is 5.20. The maximum Gasteiger partial charge on any atom is 0.266 e. The zero-order chi connectivity index (χ0) is 17.4. The van der Waals surface area contributed by atoms with Gasteiger partial charge in [0.25, 0.3) is 5.91 Å². The summed E-state index contributed by atoms with van der Waals surface area (Å²) in [7, 11) is 0. The number of hydrogen-bond donors (Lipinski definition) is 1. The Morgan fingerprint density at radius 1 is 1.24 bits per heavy atom. The third-order valence-electron chi connectivity index (χ3n) is 3.60. The molecule has 0 aliphatic carbocycles. The van der Waals surface area contributed by atoms with Crippen LogP contribution in [0.3, 0.4) is 0 Å². The number of aromatic nitrogens is 3. The molecule has 0 saturated heterocycles. The molecule has 1 amide bonds. The highest BCUT2D eigenvalue weighted by Crippen LogP contribution is 2.24. The van der Waals surface area contributed by atoms with Gasteiger partial charge in [-0.3, -0.25) is 14.2 Å². The Bertz CT molecular complexity index is 1080. The number of benzene rings is 1. The number of hydrogen-bond acceptors (Lipinski definition) is 4. The van der Waals surface area contributed by atoms with Crippen LogP contribution in [-0.4, -0.2) is 20.3 Å². The summed E-state index contributed by atoms with van der Waals surface area (Å²) in [5.41, 5.74) is 1.83. The quantitative estimate of drug-likeness (QED) is 0.576. The lowest BCUT2D eigenvalue weighted by Crippen LogP contribution is -2.11. The van der Waals surface area contributed by atoms with E-state index < -0.39 is 5.82 Å². The SMILES string of the molecule is O=C(Nc1cnc2cnc(-c3ccc(F)c(Cl)c3)cn12)c1cccs1. The van der Waals surface area contributed by atoms with Gasteiger partial charge in [0.05, 0.1) is 28.0 Å². The normalized spacial score (nSPS) is 11.0. The predicted octanol–water partition coefficient (Wildman–Crippen LogP) is 4.50. The molecule has 0 bridgehead atoms. The van der Waals surface area contributed by atoms with Gasteiger partial charge in [0.2, 0.25) is 0 Å². The lowest BCUT2D eigenvalue weighted by molar-refractivity contribution is 0.103. The van der Waals surface area contributed by atoms with Gasteiger partial charge >= 0.3 is 0 Å². The first-order chi connectivity index (χ1) is 12.1. The van der Waals surface area contributed by atoms with Gasteiger partial charge in [0, 0.05) is 11.8 Å². The van der Waals surface area contributed by atoms with Gasteiger partial charge in [0.1, 0.15) is 11.6 Å². The number of amides is 1. The van der Waals surface area contributed by atoms with Crippen molar-refractivity contribution < 1.29 is 9.18 Å². The molecule has 0 unspecified atom stereocenters. The number of carbonyl (C=O) groups excluding carboxylic acids is 1. The molecule has 4 rings (SSSR count). The van der Waals surface area contributed by atoms with Gasteiger partial charge in [0.15, 0.2) is 5.65 Å². The number of imidazole rings is 1. The summed E-state index contributed by atoms with van der Waals surface area (Å²) in [4.78, 5) is 21.4. The number of nitrogens with one attached hydrogen (secondary N) is 1. The minimum absolute atomic E-state index is 0.0243. The van der Waals surface area contributed by atoms with Crippen LogP contribution in [0.25, 0.3) is 16.9 Å². The zero-order valence-corrected chi connectivity index (χ0v) is 14.2. The van der Waals surface area contributed by atoms with E-state index in [-0.39, 0.29) is 10.9 Å². The third kappa shape index (κ3) is 2.99. The lowest BCUT2D eigenvalue weighted by atomic mass is 10.1. The van der Waals surface area contributed by atoms with Crippen LogP contribution in [0.5, 0.6) is 0 Å². The van der Waals surface area contributed by atoms with Crippen LogP contribution in [0.2, 0.25) is 5.02 Å². The molecule has 0 spiro atoms. The second kappa shape index (κ2) is 6.27. The minimum Gasteiger partial charge on any atom is -0.306 e.